The molecule has 6 heteroatoms. The van der Waals surface area contributed by atoms with Gasteiger partial charge in [0.1, 0.15) is 11.5 Å². The average molecular weight is 387 g/mol. The van der Waals surface area contributed by atoms with E-state index in [-0.39, 0.29) is 0 Å². The summed E-state index contributed by atoms with van der Waals surface area (Å²) in [4.78, 5) is 24.2. The van der Waals surface area contributed by atoms with Gasteiger partial charge in [-0.15, -0.1) is 0 Å². The Labute approximate surface area is 159 Å². The largest absolute Gasteiger partial charge is 0.423 e. The van der Waals surface area contributed by atoms with E-state index in [0.29, 0.717) is 32.7 Å². The Morgan fingerprint density at radius 3 is 1.15 bits per heavy atom. The second kappa shape index (κ2) is 8.04. The summed E-state index contributed by atoms with van der Waals surface area (Å²) in [5.74, 6) is -0.314. The van der Waals surface area contributed by atoms with Gasteiger partial charge in [0, 0.05) is 10.0 Å². The number of esters is 2. The highest BCUT2D eigenvalue weighted by molar-refractivity contribution is 6.30. The first kappa shape index (κ1) is 18.0. The van der Waals surface area contributed by atoms with Gasteiger partial charge in [-0.05, 0) is 72.8 Å². The zero-order valence-electron chi connectivity index (χ0n) is 13.3. The monoisotopic (exact) mass is 386 g/mol. The Hall–Kier alpha value is -2.82. The number of carbonyl (C=O) groups excluding carboxylic acids is 2. The number of ether oxygens (including phenoxy) is 2. The van der Waals surface area contributed by atoms with Gasteiger partial charge >= 0.3 is 11.9 Å². The highest BCUT2D eigenvalue weighted by Gasteiger charge is 2.12. The maximum Gasteiger partial charge on any atom is 0.343 e. The average Bonchev–Trinajstić information content (AvgIpc) is 2.65. The van der Waals surface area contributed by atoms with Gasteiger partial charge in [-0.25, -0.2) is 9.59 Å². The van der Waals surface area contributed by atoms with Crippen molar-refractivity contribution in [2.45, 2.75) is 0 Å². The van der Waals surface area contributed by atoms with E-state index in [1.807, 2.05) is 0 Å². The summed E-state index contributed by atoms with van der Waals surface area (Å²) < 4.78 is 10.5. The fraction of sp³-hybridized carbons (Fsp3) is 0. The van der Waals surface area contributed by atoms with Crippen molar-refractivity contribution in [1.29, 1.82) is 0 Å². The zero-order valence-corrected chi connectivity index (χ0v) is 14.8. The van der Waals surface area contributed by atoms with E-state index in [1.165, 1.54) is 24.3 Å². The Balaban J connectivity index is 1.65. The SMILES string of the molecule is O=C(Oc1ccc(Cl)cc1)c1ccc(C(=O)Oc2ccc(Cl)cc2)cc1. The van der Waals surface area contributed by atoms with Crippen LogP contribution in [0.15, 0.2) is 72.8 Å². The van der Waals surface area contributed by atoms with Crippen LogP contribution in [-0.4, -0.2) is 11.9 Å². The summed E-state index contributed by atoms with van der Waals surface area (Å²) in [5, 5.41) is 1.10. The smallest absolute Gasteiger partial charge is 0.343 e. The molecule has 0 spiro atoms. The lowest BCUT2D eigenvalue weighted by Crippen LogP contribution is -2.11. The summed E-state index contributed by atoms with van der Waals surface area (Å²) in [6.45, 7) is 0. The molecule has 0 saturated heterocycles. The number of hydrogen-bond acceptors (Lipinski definition) is 4. The van der Waals surface area contributed by atoms with E-state index in [0.717, 1.165) is 0 Å². The van der Waals surface area contributed by atoms with Crippen LogP contribution in [0.3, 0.4) is 0 Å². The maximum absolute atomic E-state index is 12.1. The third kappa shape index (κ3) is 4.63. The molecule has 0 fully saturated rings. The van der Waals surface area contributed by atoms with Crippen molar-refractivity contribution in [3.8, 4) is 11.5 Å². The number of hydrogen-bond donors (Lipinski definition) is 0. The number of rotatable bonds is 4. The van der Waals surface area contributed by atoms with Crippen molar-refractivity contribution in [1.82, 2.24) is 0 Å². The van der Waals surface area contributed by atoms with Gasteiger partial charge in [0.05, 0.1) is 11.1 Å². The molecule has 0 heterocycles. The summed E-state index contributed by atoms with van der Waals surface area (Å²) in [5.41, 5.74) is 0.617. The van der Waals surface area contributed by atoms with Crippen molar-refractivity contribution >= 4 is 35.1 Å². The van der Waals surface area contributed by atoms with Crippen LogP contribution in [0.4, 0.5) is 0 Å². The Morgan fingerprint density at radius 2 is 0.846 bits per heavy atom. The molecule has 0 aromatic heterocycles. The zero-order chi connectivity index (χ0) is 18.5. The van der Waals surface area contributed by atoms with Crippen LogP contribution >= 0.6 is 23.2 Å². The third-order valence-electron chi connectivity index (χ3n) is 3.40. The molecule has 0 aliphatic rings. The van der Waals surface area contributed by atoms with E-state index in [4.69, 9.17) is 32.7 Å². The molecule has 0 aliphatic carbocycles. The molecule has 0 aliphatic heterocycles. The second-order valence-electron chi connectivity index (χ2n) is 5.26. The minimum Gasteiger partial charge on any atom is -0.423 e. The highest BCUT2D eigenvalue weighted by Crippen LogP contribution is 2.19. The number of benzene rings is 3. The van der Waals surface area contributed by atoms with Crippen LogP contribution in [0.25, 0.3) is 0 Å². The van der Waals surface area contributed by atoms with Crippen molar-refractivity contribution in [2.24, 2.45) is 0 Å². The van der Waals surface area contributed by atoms with Crippen LogP contribution in [0, 0.1) is 0 Å². The lowest BCUT2D eigenvalue weighted by atomic mass is 10.1. The van der Waals surface area contributed by atoms with Crippen LogP contribution in [0.1, 0.15) is 20.7 Å². The minimum absolute atomic E-state index is 0.308. The van der Waals surface area contributed by atoms with E-state index in [2.05, 4.69) is 0 Å². The van der Waals surface area contributed by atoms with Gasteiger partial charge in [0.15, 0.2) is 0 Å². The normalized spacial score (nSPS) is 10.2. The quantitative estimate of drug-likeness (QED) is 0.442. The molecule has 0 radical (unpaired) electrons. The molecule has 0 N–H and O–H groups in total. The first-order chi connectivity index (χ1) is 12.5. The van der Waals surface area contributed by atoms with Gasteiger partial charge in [-0.1, -0.05) is 23.2 Å². The molecule has 130 valence electrons. The van der Waals surface area contributed by atoms with Crippen LogP contribution in [-0.2, 0) is 0 Å². The van der Waals surface area contributed by atoms with Gasteiger partial charge < -0.3 is 9.47 Å². The first-order valence-electron chi connectivity index (χ1n) is 7.57. The van der Waals surface area contributed by atoms with Crippen LogP contribution in [0.5, 0.6) is 11.5 Å². The van der Waals surface area contributed by atoms with E-state index in [9.17, 15) is 9.59 Å². The lowest BCUT2D eigenvalue weighted by Gasteiger charge is -2.06. The molecule has 4 nitrogen and oxygen atoms in total. The fourth-order valence-electron chi connectivity index (χ4n) is 2.08. The summed E-state index contributed by atoms with van der Waals surface area (Å²) in [7, 11) is 0. The van der Waals surface area contributed by atoms with Crippen molar-refractivity contribution in [2.75, 3.05) is 0 Å². The summed E-state index contributed by atoms with van der Waals surface area (Å²) in [6.07, 6.45) is 0. The molecule has 3 aromatic carbocycles. The van der Waals surface area contributed by atoms with Crippen LogP contribution < -0.4 is 9.47 Å². The number of carbonyl (C=O) groups is 2. The summed E-state index contributed by atoms with van der Waals surface area (Å²) >= 11 is 11.6. The van der Waals surface area contributed by atoms with Crippen molar-refractivity contribution in [3.63, 3.8) is 0 Å². The molecule has 0 bridgehead atoms. The third-order valence-corrected chi connectivity index (χ3v) is 3.91. The molecular weight excluding hydrogens is 375 g/mol. The first-order valence-corrected chi connectivity index (χ1v) is 8.32. The Bertz CT molecular complexity index is 839. The Kier molecular flexibility index (Phi) is 5.56. The molecule has 0 saturated carbocycles. The topological polar surface area (TPSA) is 52.6 Å². The standard InChI is InChI=1S/C20H12Cl2O4/c21-15-5-9-17(10-6-15)25-19(23)13-1-2-14(4-3-13)20(24)26-18-11-7-16(22)8-12-18/h1-12H. The van der Waals surface area contributed by atoms with E-state index >= 15 is 0 Å². The van der Waals surface area contributed by atoms with Gasteiger partial charge in [-0.2, -0.15) is 0 Å². The highest BCUT2D eigenvalue weighted by atomic mass is 35.5. The van der Waals surface area contributed by atoms with Gasteiger partial charge in [0.25, 0.3) is 0 Å². The fourth-order valence-corrected chi connectivity index (χ4v) is 2.33. The van der Waals surface area contributed by atoms with E-state index in [1.54, 1.807) is 48.5 Å². The van der Waals surface area contributed by atoms with E-state index < -0.39 is 11.9 Å². The Morgan fingerprint density at radius 1 is 0.538 bits per heavy atom. The van der Waals surface area contributed by atoms with Crippen molar-refractivity contribution < 1.29 is 19.1 Å². The molecule has 3 aromatic rings. The molecule has 3 rings (SSSR count). The minimum atomic E-state index is -0.537. The predicted octanol–water partition coefficient (Wildman–Crippen LogP) is 5.43. The molecule has 26 heavy (non-hydrogen) atoms. The molecular formula is C20H12Cl2O4. The number of halogens is 2. The lowest BCUT2D eigenvalue weighted by molar-refractivity contribution is 0.0720. The van der Waals surface area contributed by atoms with Gasteiger partial charge in [-0.3, -0.25) is 0 Å². The predicted molar refractivity (Wildman–Crippen MR) is 99.3 cm³/mol. The molecule has 0 atom stereocenters. The molecule has 0 amide bonds. The van der Waals surface area contributed by atoms with Crippen molar-refractivity contribution in [3.05, 3.63) is 94.0 Å². The van der Waals surface area contributed by atoms with Gasteiger partial charge in [0.2, 0.25) is 0 Å². The van der Waals surface area contributed by atoms with Crippen LogP contribution in [0.2, 0.25) is 10.0 Å². The molecule has 0 unspecified atom stereocenters. The second-order valence-corrected chi connectivity index (χ2v) is 6.14. The summed E-state index contributed by atoms with van der Waals surface area (Å²) in [6, 6.07) is 18.9. The maximum atomic E-state index is 12.1.